The topological polar surface area (TPSA) is 53.1 Å². The number of nitrogens with zero attached hydrogens (tertiary/aromatic N) is 1. The largest absolute Gasteiger partial charge is 0.384 e. The monoisotopic (exact) mass is 281 g/mol. The first-order valence-electron chi connectivity index (χ1n) is 5.51. The van der Waals surface area contributed by atoms with Crippen molar-refractivity contribution in [3.8, 4) is 0 Å². The van der Waals surface area contributed by atoms with Gasteiger partial charge in [0.25, 0.3) is 0 Å². The van der Waals surface area contributed by atoms with Gasteiger partial charge in [-0.15, -0.1) is 0 Å². The Morgan fingerprint density at radius 2 is 2.31 bits per heavy atom. The zero-order valence-corrected chi connectivity index (χ0v) is 10.9. The first kappa shape index (κ1) is 11.5. The number of amidine groups is 1. The zero-order valence-electron chi connectivity index (χ0n) is 9.33. The normalized spacial score (nSPS) is 20.1. The fourth-order valence-corrected chi connectivity index (χ4v) is 2.88. The van der Waals surface area contributed by atoms with Crippen LogP contribution in [0, 0.1) is 5.41 Å². The SMILES string of the molecule is CC1CCCN1c1cccc(Br)c1C(=N)N. The summed E-state index contributed by atoms with van der Waals surface area (Å²) in [6, 6.07) is 6.51. The lowest BCUT2D eigenvalue weighted by Crippen LogP contribution is -2.29. The standard InChI is InChI=1S/C12H16BrN3/c1-8-4-3-7-16(8)10-6-2-5-9(13)11(10)12(14)15/h2,5-6,8H,3-4,7H2,1H3,(H3,14,15). The van der Waals surface area contributed by atoms with Gasteiger partial charge in [0.1, 0.15) is 5.84 Å². The lowest BCUT2D eigenvalue weighted by Gasteiger charge is -2.26. The first-order valence-corrected chi connectivity index (χ1v) is 6.30. The third-order valence-electron chi connectivity index (χ3n) is 3.12. The van der Waals surface area contributed by atoms with Gasteiger partial charge >= 0.3 is 0 Å². The Morgan fingerprint density at radius 3 is 2.88 bits per heavy atom. The molecule has 0 saturated carbocycles. The van der Waals surface area contributed by atoms with Gasteiger partial charge in [0.05, 0.1) is 5.56 Å². The van der Waals surface area contributed by atoms with Crippen LogP contribution in [0.5, 0.6) is 0 Å². The van der Waals surface area contributed by atoms with Gasteiger partial charge in [-0.1, -0.05) is 6.07 Å². The van der Waals surface area contributed by atoms with E-state index in [-0.39, 0.29) is 5.84 Å². The quantitative estimate of drug-likeness (QED) is 0.647. The third kappa shape index (κ3) is 1.94. The highest BCUT2D eigenvalue weighted by Gasteiger charge is 2.24. The molecule has 0 aliphatic carbocycles. The third-order valence-corrected chi connectivity index (χ3v) is 3.78. The van der Waals surface area contributed by atoms with E-state index in [1.54, 1.807) is 0 Å². The van der Waals surface area contributed by atoms with Crippen LogP contribution in [0.2, 0.25) is 0 Å². The number of rotatable bonds is 2. The van der Waals surface area contributed by atoms with Crippen LogP contribution < -0.4 is 10.6 Å². The second-order valence-electron chi connectivity index (χ2n) is 4.23. The number of anilines is 1. The van der Waals surface area contributed by atoms with Crippen molar-refractivity contribution in [2.75, 3.05) is 11.4 Å². The molecule has 1 aliphatic heterocycles. The van der Waals surface area contributed by atoms with Crippen LogP contribution >= 0.6 is 15.9 Å². The molecule has 0 spiro atoms. The van der Waals surface area contributed by atoms with Gasteiger partial charge in [0.15, 0.2) is 0 Å². The number of nitrogens with one attached hydrogen (secondary N) is 1. The molecule has 3 N–H and O–H groups in total. The lowest BCUT2D eigenvalue weighted by molar-refractivity contribution is 0.734. The van der Waals surface area contributed by atoms with E-state index in [4.69, 9.17) is 11.1 Å². The molecule has 1 atom stereocenters. The Hall–Kier alpha value is -1.03. The van der Waals surface area contributed by atoms with E-state index in [1.807, 2.05) is 18.2 Å². The average molecular weight is 282 g/mol. The number of hydrogen-bond donors (Lipinski definition) is 2. The van der Waals surface area contributed by atoms with Crippen LogP contribution in [0.4, 0.5) is 5.69 Å². The van der Waals surface area contributed by atoms with Gasteiger partial charge in [-0.2, -0.15) is 0 Å². The summed E-state index contributed by atoms with van der Waals surface area (Å²) in [5.41, 5.74) is 7.55. The van der Waals surface area contributed by atoms with Crippen LogP contribution in [0.15, 0.2) is 22.7 Å². The molecule has 2 rings (SSSR count). The Kier molecular flexibility index (Phi) is 3.19. The Labute approximate surface area is 104 Å². The smallest absolute Gasteiger partial charge is 0.126 e. The highest BCUT2D eigenvalue weighted by Crippen LogP contribution is 2.32. The maximum Gasteiger partial charge on any atom is 0.126 e. The summed E-state index contributed by atoms with van der Waals surface area (Å²) in [5, 5.41) is 7.67. The Bertz CT molecular complexity index is 417. The Morgan fingerprint density at radius 1 is 1.56 bits per heavy atom. The minimum atomic E-state index is 0.126. The van der Waals surface area contributed by atoms with Crippen LogP contribution in [-0.2, 0) is 0 Å². The summed E-state index contributed by atoms with van der Waals surface area (Å²) >= 11 is 3.47. The van der Waals surface area contributed by atoms with Crippen LogP contribution in [0.3, 0.4) is 0 Å². The van der Waals surface area contributed by atoms with E-state index in [9.17, 15) is 0 Å². The molecule has 0 radical (unpaired) electrons. The number of nitrogens with two attached hydrogens (primary N) is 1. The highest BCUT2D eigenvalue weighted by molar-refractivity contribution is 9.10. The number of nitrogen functional groups attached to an aromatic ring is 1. The van der Waals surface area contributed by atoms with Crippen LogP contribution in [0.25, 0.3) is 0 Å². The molecular formula is C12H16BrN3. The number of hydrogen-bond acceptors (Lipinski definition) is 2. The summed E-state index contributed by atoms with van der Waals surface area (Å²) in [4.78, 5) is 2.33. The summed E-state index contributed by atoms with van der Waals surface area (Å²) in [6.07, 6.45) is 2.43. The summed E-state index contributed by atoms with van der Waals surface area (Å²) < 4.78 is 0.900. The minimum Gasteiger partial charge on any atom is -0.384 e. The van der Waals surface area contributed by atoms with Crippen LogP contribution in [-0.4, -0.2) is 18.4 Å². The average Bonchev–Trinajstić information content (AvgIpc) is 2.63. The van der Waals surface area contributed by atoms with Crippen molar-refractivity contribution in [1.29, 1.82) is 5.41 Å². The van der Waals surface area contributed by atoms with Gasteiger partial charge in [-0.05, 0) is 47.8 Å². The fourth-order valence-electron chi connectivity index (χ4n) is 2.31. The molecule has 1 aromatic carbocycles. The van der Waals surface area contributed by atoms with Crippen LogP contribution in [0.1, 0.15) is 25.3 Å². The second-order valence-corrected chi connectivity index (χ2v) is 5.09. The highest BCUT2D eigenvalue weighted by atomic mass is 79.9. The van der Waals surface area contributed by atoms with E-state index in [1.165, 1.54) is 12.8 Å². The number of benzene rings is 1. The van der Waals surface area contributed by atoms with Crippen molar-refractivity contribution in [3.63, 3.8) is 0 Å². The molecule has 16 heavy (non-hydrogen) atoms. The maximum absolute atomic E-state index is 7.67. The molecule has 1 fully saturated rings. The summed E-state index contributed by atoms with van der Waals surface area (Å²) in [5.74, 6) is 0.126. The van der Waals surface area contributed by atoms with Gasteiger partial charge in [0.2, 0.25) is 0 Å². The van der Waals surface area contributed by atoms with Crippen molar-refractivity contribution in [3.05, 3.63) is 28.2 Å². The molecule has 4 heteroatoms. The molecule has 0 aromatic heterocycles. The predicted octanol–water partition coefficient (Wildman–Crippen LogP) is 2.72. The van der Waals surface area contributed by atoms with Crippen molar-refractivity contribution < 1.29 is 0 Å². The van der Waals surface area contributed by atoms with E-state index < -0.39 is 0 Å². The van der Waals surface area contributed by atoms with Gasteiger partial charge in [0, 0.05) is 22.7 Å². The van der Waals surface area contributed by atoms with Gasteiger partial charge in [-0.25, -0.2) is 0 Å². The molecule has 0 bridgehead atoms. The van der Waals surface area contributed by atoms with Crippen molar-refractivity contribution in [1.82, 2.24) is 0 Å². The zero-order chi connectivity index (χ0) is 11.7. The molecule has 0 amide bonds. The molecule has 1 aromatic rings. The van der Waals surface area contributed by atoms with Gasteiger partial charge in [-0.3, -0.25) is 5.41 Å². The molecule has 1 saturated heterocycles. The molecule has 1 heterocycles. The van der Waals surface area contributed by atoms with E-state index in [2.05, 4.69) is 27.8 Å². The van der Waals surface area contributed by atoms with E-state index >= 15 is 0 Å². The molecule has 1 aliphatic rings. The van der Waals surface area contributed by atoms with Crippen molar-refractivity contribution >= 4 is 27.5 Å². The number of halogens is 1. The Balaban J connectivity index is 2.47. The van der Waals surface area contributed by atoms with E-state index in [0.717, 1.165) is 22.3 Å². The second kappa shape index (κ2) is 4.45. The maximum atomic E-state index is 7.67. The predicted molar refractivity (Wildman–Crippen MR) is 71.2 cm³/mol. The van der Waals surface area contributed by atoms with Crippen molar-refractivity contribution in [2.45, 2.75) is 25.8 Å². The lowest BCUT2D eigenvalue weighted by atomic mass is 10.1. The molecule has 3 nitrogen and oxygen atoms in total. The summed E-state index contributed by atoms with van der Waals surface area (Å²) in [6.45, 7) is 3.27. The van der Waals surface area contributed by atoms with Crippen molar-refractivity contribution in [2.24, 2.45) is 5.73 Å². The molecule has 1 unspecified atom stereocenters. The fraction of sp³-hybridized carbons (Fsp3) is 0.417. The first-order chi connectivity index (χ1) is 7.61. The minimum absolute atomic E-state index is 0.126. The van der Waals surface area contributed by atoms with Gasteiger partial charge < -0.3 is 10.6 Å². The summed E-state index contributed by atoms with van der Waals surface area (Å²) in [7, 11) is 0. The molecule has 86 valence electrons. The molecular weight excluding hydrogens is 266 g/mol. The van der Waals surface area contributed by atoms with E-state index in [0.29, 0.717) is 6.04 Å².